The first-order valence-corrected chi connectivity index (χ1v) is 42.9. The van der Waals surface area contributed by atoms with Crippen molar-refractivity contribution in [1.82, 2.24) is 34.1 Å². The molecule has 23 heteroatoms. The molecule has 650 valence electrons. The van der Waals surface area contributed by atoms with E-state index < -0.39 is 5.82 Å². The number of ketones is 4. The highest BCUT2D eigenvalue weighted by Gasteiger charge is 2.45. The second kappa shape index (κ2) is 38.2. The minimum atomic E-state index is -0.452. The largest absolute Gasteiger partial charge is 0.377 e. The summed E-state index contributed by atoms with van der Waals surface area (Å²) in [6.07, 6.45) is 5.64. The van der Waals surface area contributed by atoms with Crippen molar-refractivity contribution in [3.05, 3.63) is 365 Å². The van der Waals surface area contributed by atoms with E-state index in [2.05, 4.69) is 174 Å². The number of aryl methyl sites for hydroxylation is 2. The molecule has 10 aromatic carbocycles. The molecule has 127 heavy (non-hydrogen) atoms. The van der Waals surface area contributed by atoms with E-state index in [1.165, 1.54) is 64.2 Å². The van der Waals surface area contributed by atoms with Gasteiger partial charge in [0.1, 0.15) is 43.6 Å². The van der Waals surface area contributed by atoms with Crippen LogP contribution in [0.1, 0.15) is 202 Å². The minimum absolute atomic E-state index is 0. The van der Waals surface area contributed by atoms with Crippen molar-refractivity contribution in [2.75, 3.05) is 114 Å². The maximum Gasteiger partial charge on any atom is 0.185 e. The van der Waals surface area contributed by atoms with Crippen LogP contribution in [0.5, 0.6) is 0 Å². The van der Waals surface area contributed by atoms with Gasteiger partial charge < -0.3 is 35.6 Å². The third-order valence-electron chi connectivity index (χ3n) is 25.5. The number of thiazole rings is 1. The number of piperazine rings is 2. The molecule has 0 saturated carbocycles. The Morgan fingerprint density at radius 1 is 0.362 bits per heavy atom. The molecule has 0 bridgehead atoms. The van der Waals surface area contributed by atoms with E-state index in [0.717, 1.165) is 166 Å². The van der Waals surface area contributed by atoms with Crippen LogP contribution in [0.4, 0.5) is 35.9 Å². The first-order valence-electron chi connectivity index (χ1n) is 42.1. The number of carbonyl (C=O) groups excluding carboxylic acids is 4. The summed E-state index contributed by atoms with van der Waals surface area (Å²) >= 11 is 1.64. The third-order valence-corrected chi connectivity index (χ3v) is 26.4. The number of rotatable bonds is 12. The predicted molar refractivity (Wildman–Crippen MR) is 506 cm³/mol. The Kier molecular flexibility index (Phi) is 26.8. The van der Waals surface area contributed by atoms with Gasteiger partial charge in [-0.2, -0.15) is 0 Å². The first kappa shape index (κ1) is 89.1. The fourth-order valence-corrected chi connectivity index (χ4v) is 19.9. The fraction of sp³-hybridized carbons (Fsp3) is 0.288. The van der Waals surface area contributed by atoms with Crippen LogP contribution >= 0.6 is 11.3 Å². The van der Waals surface area contributed by atoms with Crippen molar-refractivity contribution < 1.29 is 32.3 Å². The summed E-state index contributed by atoms with van der Waals surface area (Å²) in [5.41, 5.74) is 26.3. The van der Waals surface area contributed by atoms with E-state index in [1.807, 2.05) is 109 Å². The van der Waals surface area contributed by atoms with Crippen molar-refractivity contribution in [3.63, 3.8) is 0 Å². The van der Waals surface area contributed by atoms with Crippen LogP contribution in [-0.2, 0) is 20.1 Å². The molecule has 2 fully saturated rings. The quantitative estimate of drug-likeness (QED) is 0.0897. The van der Waals surface area contributed by atoms with E-state index in [1.54, 1.807) is 23.5 Å². The number of halogens is 3. The highest BCUT2D eigenvalue weighted by molar-refractivity contribution is 7.09. The van der Waals surface area contributed by atoms with Gasteiger partial charge in [-0.1, -0.05) is 199 Å². The summed E-state index contributed by atoms with van der Waals surface area (Å²) in [5, 5.41) is 14.5. The number of carbonyl (C=O) groups is 4. The molecule has 0 spiro atoms. The Labute approximate surface area is 745 Å². The molecule has 10 aliphatic heterocycles. The average molecular weight is 1720 g/mol. The molecule has 2 aromatic heterocycles. The zero-order chi connectivity index (χ0) is 84.1. The molecule has 2 saturated heterocycles. The van der Waals surface area contributed by atoms with Crippen LogP contribution in [-0.4, -0.2) is 173 Å². The normalized spacial score (nSPS) is 21.0. The molecular weight excluding hydrogens is 1610 g/mol. The molecule has 19 nitrogen and oxygen atoms in total. The monoisotopic (exact) mass is 1720 g/mol. The van der Waals surface area contributed by atoms with Crippen LogP contribution in [0.2, 0.25) is 0 Å². The highest BCUT2D eigenvalue weighted by atomic mass is 32.1. The van der Waals surface area contributed by atoms with Gasteiger partial charge >= 0.3 is 0 Å². The zero-order valence-electron chi connectivity index (χ0n) is 68.7. The number of nitrogens with one attached hydrogen (secondary N) is 4. The smallest absolute Gasteiger partial charge is 0.185 e. The fourth-order valence-electron chi connectivity index (χ4n) is 19.1. The summed E-state index contributed by atoms with van der Waals surface area (Å²) in [7, 11) is 6.33. The molecule has 12 aromatic rings. The topological polar surface area (TPSA) is 210 Å². The summed E-state index contributed by atoms with van der Waals surface area (Å²) < 4.78 is 44.1. The zero-order valence-corrected chi connectivity index (χ0v) is 69.5. The van der Waals surface area contributed by atoms with Gasteiger partial charge in [0, 0.05) is 163 Å². The lowest BCUT2D eigenvalue weighted by Gasteiger charge is -2.39. The van der Waals surface area contributed by atoms with Crippen LogP contribution in [0.3, 0.4) is 0 Å². The van der Waals surface area contributed by atoms with E-state index in [4.69, 9.17) is 15.0 Å². The summed E-state index contributed by atoms with van der Waals surface area (Å²) in [6.45, 7) is 13.2. The third kappa shape index (κ3) is 17.8. The van der Waals surface area contributed by atoms with Gasteiger partial charge in [-0.25, -0.2) is 18.2 Å². The standard InChI is InChI=1S/C29H28F2N4O.C29H29FN4O.C22H20N4O.C20H15N3OS.4CH4/c1-34-10-12-35(13-11-34)17-18-2-4-20(5-3-18)28-26(19-6-8-21(30)9-7-19)29-27-23(25(36)16-32-29)14-22(31)15-24(27)33-28;1-33-13-15-34(16-14-33)18-19-5-7-21(8-6-19)28-26(20-9-11-22(30)12-10-20)29-27-23(25(35)17-31-29)3-2-4-24(27)32-28;1-13-6-8-14(9-7-13)21-20(17-10-23-12-26(17)2)22-19-15(18(27)11-24-22)4-3-5-16(19)25-21;24-15-9-22-20-17-13(15)7-4-8-14(17)23-19(12-5-2-1-3-6-12)18(20)16-10-21-11-25-16;;;;/h2-9,14-15,26,28,33H,10-13,16-17H2,1H3;2-12,26,28,32H,13-18H2,1H3;3-10,12,20-21,25H,11H2,1-2H3;1-8,10-11,18-19,23H,9H2;4*1H4. The van der Waals surface area contributed by atoms with E-state index in [0.29, 0.717) is 22.4 Å². The van der Waals surface area contributed by atoms with E-state index >= 15 is 0 Å². The lowest BCUT2D eigenvalue weighted by molar-refractivity contribution is 0.0991. The van der Waals surface area contributed by atoms with Gasteiger partial charge in [-0.15, -0.1) is 11.3 Å². The lowest BCUT2D eigenvalue weighted by atomic mass is 9.75. The highest BCUT2D eigenvalue weighted by Crippen LogP contribution is 2.51. The molecule has 0 amide bonds. The Bertz CT molecular complexity index is 6160. The molecule has 8 unspecified atom stereocenters. The second-order valence-electron chi connectivity index (χ2n) is 33.4. The van der Waals surface area contributed by atoms with Gasteiger partial charge in [0.2, 0.25) is 0 Å². The number of hydrogen-bond donors (Lipinski definition) is 4. The maximum absolute atomic E-state index is 14.5. The van der Waals surface area contributed by atoms with Crippen LogP contribution in [0.25, 0.3) is 0 Å². The SMILES string of the molecule is C.C.C.C.CN1CCN(Cc2ccc(C3Nc4cc(F)cc5c4C(=NCC5=O)C3c3ccc(F)cc3)cc2)CC1.CN1CCN(Cc2ccc(C3Nc4cccc5c4C(=NCC5=O)C3c3ccc(F)cc3)cc2)CC1.Cc1ccc(C2Nc3cccc4c3C(=NCC4=O)C2c2cncn2C)cc1.O=C1CN=C2c3c(cccc31)NC(c1ccccc1)C2c1cncs1. The first-order chi connectivity index (χ1) is 60.0. The van der Waals surface area contributed by atoms with Gasteiger partial charge in [0.15, 0.2) is 23.1 Å². The lowest BCUT2D eigenvalue weighted by Crippen LogP contribution is -2.43. The van der Waals surface area contributed by atoms with Crippen molar-refractivity contribution in [1.29, 1.82) is 0 Å². The van der Waals surface area contributed by atoms with Crippen molar-refractivity contribution in [3.8, 4) is 0 Å². The number of Topliss-reactive ketones (excluding diaryl/α,β-unsaturated/α-hetero) is 4. The van der Waals surface area contributed by atoms with Gasteiger partial charge in [-0.3, -0.25) is 53.9 Å². The van der Waals surface area contributed by atoms with E-state index in [-0.39, 0.29) is 138 Å². The summed E-state index contributed by atoms with van der Waals surface area (Å²) in [5.74, 6) is -1.34. The van der Waals surface area contributed by atoms with Gasteiger partial charge in [0.25, 0.3) is 0 Å². The van der Waals surface area contributed by atoms with Crippen molar-refractivity contribution >= 4 is 80.1 Å². The molecular formula is C104H108F3N15O4S. The number of imidazole rings is 1. The number of nitrogens with zero attached hydrogens (tertiary/aromatic N) is 11. The molecule has 12 heterocycles. The minimum Gasteiger partial charge on any atom is -0.377 e. The molecule has 0 aliphatic carbocycles. The average Bonchev–Trinajstić information content (AvgIpc) is 1.39. The number of aliphatic imine (C=N–C) groups is 4. The Hall–Kier alpha value is -12.8. The van der Waals surface area contributed by atoms with Gasteiger partial charge in [-0.05, 0) is 120 Å². The number of aromatic nitrogens is 3. The Balaban J connectivity index is 0.000000130. The summed E-state index contributed by atoms with van der Waals surface area (Å²) in [6, 6.07) is 69.5. The molecule has 4 N–H and O–H groups in total. The number of anilines is 4. The van der Waals surface area contributed by atoms with Crippen LogP contribution < -0.4 is 21.3 Å². The maximum atomic E-state index is 14.5. The summed E-state index contributed by atoms with van der Waals surface area (Å²) in [4.78, 5) is 88.2. The molecule has 8 atom stereocenters. The van der Waals surface area contributed by atoms with E-state index in [9.17, 15) is 32.3 Å². The van der Waals surface area contributed by atoms with Crippen LogP contribution in [0.15, 0.2) is 263 Å². The predicted octanol–water partition coefficient (Wildman–Crippen LogP) is 19.4. The van der Waals surface area contributed by atoms with Crippen molar-refractivity contribution in [2.24, 2.45) is 27.0 Å². The molecule has 10 aliphatic rings. The van der Waals surface area contributed by atoms with Crippen LogP contribution in [0, 0.1) is 24.4 Å². The van der Waals surface area contributed by atoms with Gasteiger partial charge in [0.05, 0.1) is 82.5 Å². The number of benzene rings is 10. The number of hydrogen-bond acceptors (Lipinski definition) is 19. The van der Waals surface area contributed by atoms with Crippen molar-refractivity contribution in [2.45, 2.75) is 97.6 Å². The molecule has 22 rings (SSSR count). The Morgan fingerprint density at radius 2 is 0.732 bits per heavy atom. The molecule has 0 radical (unpaired) electrons. The Morgan fingerprint density at radius 3 is 1.15 bits per heavy atom. The number of likely N-dealkylation sites (N-methyl/N-ethyl adjacent to an activating group) is 2. The second-order valence-corrected chi connectivity index (χ2v) is 34.3.